The number of thiophene rings is 1. The molecule has 4 rings (SSSR count). The van der Waals surface area contributed by atoms with Gasteiger partial charge in [-0.15, -0.1) is 11.3 Å². The molecule has 1 aliphatic rings. The summed E-state index contributed by atoms with van der Waals surface area (Å²) in [4.78, 5) is 32.2. The van der Waals surface area contributed by atoms with Crippen molar-refractivity contribution >= 4 is 27.5 Å². The van der Waals surface area contributed by atoms with Gasteiger partial charge < -0.3 is 5.11 Å². The Balaban J connectivity index is 1.77. The molecule has 0 radical (unpaired) electrons. The summed E-state index contributed by atoms with van der Waals surface area (Å²) in [5.41, 5.74) is 3.16. The van der Waals surface area contributed by atoms with E-state index in [1.54, 1.807) is 11.3 Å². The highest BCUT2D eigenvalue weighted by Crippen LogP contribution is 2.35. The van der Waals surface area contributed by atoms with Crippen molar-refractivity contribution in [3.05, 3.63) is 62.0 Å². The molecule has 1 aromatic carbocycles. The molecule has 0 saturated carbocycles. The van der Waals surface area contributed by atoms with Crippen LogP contribution in [0.1, 0.15) is 53.2 Å². The average molecular weight is 397 g/mol. The summed E-state index contributed by atoms with van der Waals surface area (Å²) in [6.45, 7) is 3.95. The van der Waals surface area contributed by atoms with E-state index in [9.17, 15) is 14.7 Å². The second kappa shape index (κ2) is 7.51. The lowest BCUT2D eigenvalue weighted by molar-refractivity contribution is -0.141. The van der Waals surface area contributed by atoms with Crippen LogP contribution in [0.25, 0.3) is 10.2 Å². The summed E-state index contributed by atoms with van der Waals surface area (Å²) >= 11 is 1.60. The third-order valence-corrected chi connectivity index (χ3v) is 6.77. The van der Waals surface area contributed by atoms with Gasteiger partial charge in [0.05, 0.1) is 5.39 Å². The van der Waals surface area contributed by atoms with Crippen molar-refractivity contribution in [2.75, 3.05) is 0 Å². The van der Waals surface area contributed by atoms with Gasteiger partial charge in [-0.05, 0) is 50.2 Å². The van der Waals surface area contributed by atoms with Crippen molar-refractivity contribution in [2.24, 2.45) is 0 Å². The van der Waals surface area contributed by atoms with E-state index in [-0.39, 0.29) is 5.56 Å². The molecule has 6 heteroatoms. The fraction of sp³-hybridized carbons (Fsp3) is 0.409. The summed E-state index contributed by atoms with van der Waals surface area (Å²) < 4.78 is 1.45. The van der Waals surface area contributed by atoms with Gasteiger partial charge in [0.15, 0.2) is 0 Å². The topological polar surface area (TPSA) is 72.2 Å². The fourth-order valence-corrected chi connectivity index (χ4v) is 5.36. The van der Waals surface area contributed by atoms with Gasteiger partial charge >= 0.3 is 5.97 Å². The molecular weight excluding hydrogens is 372 g/mol. The van der Waals surface area contributed by atoms with Gasteiger partial charge in [-0.1, -0.05) is 36.8 Å². The molecule has 0 spiro atoms. The van der Waals surface area contributed by atoms with Crippen LogP contribution in [-0.2, 0) is 30.5 Å². The second-order valence-corrected chi connectivity index (χ2v) is 8.56. The van der Waals surface area contributed by atoms with Crippen LogP contribution < -0.4 is 5.56 Å². The maximum atomic E-state index is 13.4. The normalized spacial score (nSPS) is 14.4. The van der Waals surface area contributed by atoms with E-state index < -0.39 is 12.0 Å². The largest absolute Gasteiger partial charge is 0.480 e. The molecule has 0 saturated heterocycles. The van der Waals surface area contributed by atoms with Crippen molar-refractivity contribution in [2.45, 2.75) is 58.4 Å². The number of hydrogen-bond acceptors (Lipinski definition) is 4. The summed E-state index contributed by atoms with van der Waals surface area (Å²) in [6.07, 6.45) is 4.44. The lowest BCUT2D eigenvalue weighted by Crippen LogP contribution is -2.33. The molecule has 2 heterocycles. The predicted molar refractivity (Wildman–Crippen MR) is 111 cm³/mol. The van der Waals surface area contributed by atoms with Gasteiger partial charge in [-0.25, -0.2) is 9.78 Å². The van der Waals surface area contributed by atoms with E-state index in [0.29, 0.717) is 30.5 Å². The predicted octanol–water partition coefficient (Wildman–Crippen LogP) is 4.08. The summed E-state index contributed by atoms with van der Waals surface area (Å²) in [7, 11) is 0. The Bertz CT molecular complexity index is 1100. The Morgan fingerprint density at radius 3 is 2.71 bits per heavy atom. The Morgan fingerprint density at radius 2 is 2.04 bits per heavy atom. The van der Waals surface area contributed by atoms with Gasteiger partial charge in [0, 0.05) is 11.3 Å². The molecular formula is C22H24N2O3S. The van der Waals surface area contributed by atoms with E-state index >= 15 is 0 Å². The standard InChI is InChI=1S/C22H24N2O3S/c1-3-18-23-20-19(15-5-4-6-17(15)28-20)21(25)24(18)16(22(26)27)12-11-14-9-7-13(2)8-10-14/h7-10,16H,3-6,11-12H2,1-2H3,(H,26,27). The van der Waals surface area contributed by atoms with E-state index in [2.05, 4.69) is 0 Å². The first-order chi connectivity index (χ1) is 13.5. The van der Waals surface area contributed by atoms with Crippen molar-refractivity contribution in [1.29, 1.82) is 0 Å². The number of aliphatic carboxylic acids is 1. The zero-order valence-corrected chi connectivity index (χ0v) is 17.0. The minimum Gasteiger partial charge on any atom is -0.480 e. The Hall–Kier alpha value is -2.47. The first-order valence-electron chi connectivity index (χ1n) is 9.83. The number of rotatable bonds is 6. The van der Waals surface area contributed by atoms with Gasteiger partial charge in [-0.2, -0.15) is 0 Å². The van der Waals surface area contributed by atoms with Crippen LogP contribution in [0.15, 0.2) is 29.1 Å². The van der Waals surface area contributed by atoms with Gasteiger partial charge in [0.25, 0.3) is 5.56 Å². The summed E-state index contributed by atoms with van der Waals surface area (Å²) in [6, 6.07) is 7.18. The Morgan fingerprint density at radius 1 is 1.29 bits per heavy atom. The Labute approximate surface area is 167 Å². The van der Waals surface area contributed by atoms with Crippen LogP contribution in [0.2, 0.25) is 0 Å². The lowest BCUT2D eigenvalue weighted by atomic mass is 10.0. The summed E-state index contributed by atoms with van der Waals surface area (Å²) in [5.74, 6) is -0.411. The highest BCUT2D eigenvalue weighted by molar-refractivity contribution is 7.18. The quantitative estimate of drug-likeness (QED) is 0.682. The fourth-order valence-electron chi connectivity index (χ4n) is 4.09. The van der Waals surface area contributed by atoms with Crippen molar-refractivity contribution in [1.82, 2.24) is 9.55 Å². The minimum atomic E-state index is -0.975. The van der Waals surface area contributed by atoms with E-state index in [1.165, 1.54) is 15.0 Å². The number of carboxylic acids is 1. The van der Waals surface area contributed by atoms with Gasteiger partial charge in [0.1, 0.15) is 16.7 Å². The van der Waals surface area contributed by atoms with Crippen LogP contribution in [0.5, 0.6) is 0 Å². The van der Waals surface area contributed by atoms with Crippen LogP contribution in [0.4, 0.5) is 0 Å². The van der Waals surface area contributed by atoms with Crippen molar-refractivity contribution in [3.8, 4) is 0 Å². The number of aryl methyl sites for hydroxylation is 5. The number of carboxylic acid groups (broad SMARTS) is 1. The molecule has 0 amide bonds. The third kappa shape index (κ3) is 3.26. The van der Waals surface area contributed by atoms with Crippen LogP contribution >= 0.6 is 11.3 Å². The van der Waals surface area contributed by atoms with Crippen molar-refractivity contribution in [3.63, 3.8) is 0 Å². The molecule has 0 aliphatic heterocycles. The molecule has 1 N–H and O–H groups in total. The maximum absolute atomic E-state index is 13.4. The van der Waals surface area contributed by atoms with Gasteiger partial charge in [0.2, 0.25) is 0 Å². The van der Waals surface area contributed by atoms with E-state index in [1.807, 2.05) is 38.1 Å². The monoisotopic (exact) mass is 396 g/mol. The number of carbonyl (C=O) groups is 1. The van der Waals surface area contributed by atoms with Crippen LogP contribution in [-0.4, -0.2) is 20.6 Å². The SMILES string of the molecule is CCc1nc2sc3c(c2c(=O)n1C(CCc1ccc(C)cc1)C(=O)O)CCC3. The first kappa shape index (κ1) is 18.9. The number of benzene rings is 1. The smallest absolute Gasteiger partial charge is 0.326 e. The molecule has 146 valence electrons. The highest BCUT2D eigenvalue weighted by atomic mass is 32.1. The molecule has 1 aliphatic carbocycles. The van der Waals surface area contributed by atoms with Gasteiger partial charge in [-0.3, -0.25) is 9.36 Å². The number of nitrogens with zero attached hydrogens (tertiary/aromatic N) is 2. The van der Waals surface area contributed by atoms with Crippen molar-refractivity contribution < 1.29 is 9.90 Å². The van der Waals surface area contributed by atoms with E-state index in [0.717, 1.165) is 35.2 Å². The van der Waals surface area contributed by atoms with Crippen LogP contribution in [0, 0.1) is 6.92 Å². The molecule has 1 unspecified atom stereocenters. The highest BCUT2D eigenvalue weighted by Gasteiger charge is 2.28. The molecule has 0 bridgehead atoms. The molecule has 0 fully saturated rings. The summed E-state index contributed by atoms with van der Waals surface area (Å²) in [5, 5.41) is 10.6. The molecule has 5 nitrogen and oxygen atoms in total. The average Bonchev–Trinajstić information content (AvgIpc) is 3.25. The molecule has 2 aromatic heterocycles. The minimum absolute atomic E-state index is 0.183. The number of aromatic nitrogens is 2. The maximum Gasteiger partial charge on any atom is 0.326 e. The molecule has 1 atom stereocenters. The zero-order chi connectivity index (χ0) is 19.8. The molecule has 28 heavy (non-hydrogen) atoms. The third-order valence-electron chi connectivity index (χ3n) is 5.58. The molecule has 3 aromatic rings. The lowest BCUT2D eigenvalue weighted by Gasteiger charge is -2.19. The van der Waals surface area contributed by atoms with E-state index in [4.69, 9.17) is 4.98 Å². The Kier molecular flexibility index (Phi) is 5.06. The second-order valence-electron chi connectivity index (χ2n) is 7.47. The number of hydrogen-bond donors (Lipinski definition) is 1. The van der Waals surface area contributed by atoms with Crippen LogP contribution in [0.3, 0.4) is 0 Å². The number of fused-ring (bicyclic) bond motifs is 3. The first-order valence-corrected chi connectivity index (χ1v) is 10.6. The zero-order valence-electron chi connectivity index (χ0n) is 16.2.